The lowest BCUT2D eigenvalue weighted by Gasteiger charge is -2.58. The molecule has 4 heteroatoms. The maximum atomic E-state index is 12.4. The lowest BCUT2D eigenvalue weighted by atomic mass is 9.46. The number of aliphatic hydroxyl groups is 1. The molecule has 3 aliphatic rings. The Labute approximate surface area is 149 Å². The molecule has 0 aromatic heterocycles. The van der Waals surface area contributed by atoms with Gasteiger partial charge in [0.15, 0.2) is 0 Å². The van der Waals surface area contributed by atoms with Crippen LogP contribution in [0.4, 0.5) is 0 Å². The van der Waals surface area contributed by atoms with Crippen LogP contribution in [-0.2, 0) is 9.59 Å². The van der Waals surface area contributed by atoms with Gasteiger partial charge in [-0.1, -0.05) is 32.4 Å². The Morgan fingerprint density at radius 2 is 1.96 bits per heavy atom. The van der Waals surface area contributed by atoms with Crippen molar-refractivity contribution in [2.45, 2.75) is 59.8 Å². The summed E-state index contributed by atoms with van der Waals surface area (Å²) in [6, 6.07) is 0. The van der Waals surface area contributed by atoms with E-state index in [9.17, 15) is 14.7 Å². The quantitative estimate of drug-likeness (QED) is 0.451. The zero-order valence-corrected chi connectivity index (χ0v) is 15.7. The number of fused-ring (bicyclic) bond motifs is 1. The second kappa shape index (κ2) is 5.86. The van der Waals surface area contributed by atoms with E-state index in [2.05, 4.69) is 33.8 Å². The molecule has 0 radical (unpaired) electrons. The van der Waals surface area contributed by atoms with Crippen molar-refractivity contribution in [3.05, 3.63) is 34.8 Å². The predicted octanol–water partition coefficient (Wildman–Crippen LogP) is 3.98. The molecule has 0 amide bonds. The van der Waals surface area contributed by atoms with E-state index in [0.29, 0.717) is 18.3 Å². The number of hydrogen-bond donors (Lipinski definition) is 2. The lowest BCUT2D eigenvalue weighted by Crippen LogP contribution is -2.50. The summed E-state index contributed by atoms with van der Waals surface area (Å²) < 4.78 is 0. The molecular formula is C21H29NO3. The second-order valence-corrected chi connectivity index (χ2v) is 8.68. The minimum Gasteiger partial charge on any atom is -0.505 e. The summed E-state index contributed by atoms with van der Waals surface area (Å²) >= 11 is 0. The Morgan fingerprint density at radius 3 is 2.64 bits per heavy atom. The highest BCUT2D eigenvalue weighted by Gasteiger charge is 2.54. The molecule has 1 unspecified atom stereocenters. The predicted molar refractivity (Wildman–Crippen MR) is 97.6 cm³/mol. The van der Waals surface area contributed by atoms with Crippen LogP contribution in [0.25, 0.3) is 0 Å². The Morgan fingerprint density at radius 1 is 1.28 bits per heavy atom. The summed E-state index contributed by atoms with van der Waals surface area (Å²) in [6.07, 6.45) is 8.15. The SMILES string of the molecule is CC1=CCCC2[C@](C)(CC3=C(O)C(N)=CC(=O)C3=O)[C@@H](C)CC[C@]12C. The van der Waals surface area contributed by atoms with Gasteiger partial charge >= 0.3 is 0 Å². The fraction of sp³-hybridized carbons (Fsp3) is 0.619. The van der Waals surface area contributed by atoms with Crippen molar-refractivity contribution in [1.29, 1.82) is 0 Å². The summed E-state index contributed by atoms with van der Waals surface area (Å²) in [5.41, 5.74) is 7.37. The van der Waals surface area contributed by atoms with Gasteiger partial charge in [-0.15, -0.1) is 0 Å². The Kier molecular flexibility index (Phi) is 4.21. The average molecular weight is 343 g/mol. The number of ketones is 2. The zero-order valence-electron chi connectivity index (χ0n) is 15.7. The van der Waals surface area contributed by atoms with Gasteiger partial charge in [-0.25, -0.2) is 0 Å². The van der Waals surface area contributed by atoms with Crippen LogP contribution in [0.5, 0.6) is 0 Å². The maximum absolute atomic E-state index is 12.4. The lowest BCUT2D eigenvalue weighted by molar-refractivity contribution is -0.132. The van der Waals surface area contributed by atoms with Crippen molar-refractivity contribution in [2.75, 3.05) is 0 Å². The highest BCUT2D eigenvalue weighted by molar-refractivity contribution is 6.48. The number of carbonyl (C=O) groups is 2. The molecule has 0 aromatic carbocycles. The molecule has 0 saturated heterocycles. The molecule has 0 bridgehead atoms. The topological polar surface area (TPSA) is 80.4 Å². The van der Waals surface area contributed by atoms with Crippen LogP contribution in [0.2, 0.25) is 0 Å². The van der Waals surface area contributed by atoms with Crippen LogP contribution in [0.1, 0.15) is 59.8 Å². The van der Waals surface area contributed by atoms with Crippen LogP contribution in [0.3, 0.4) is 0 Å². The van der Waals surface area contributed by atoms with E-state index in [1.165, 1.54) is 5.57 Å². The molecular weight excluding hydrogens is 314 g/mol. The molecule has 136 valence electrons. The summed E-state index contributed by atoms with van der Waals surface area (Å²) in [4.78, 5) is 24.4. The van der Waals surface area contributed by atoms with Gasteiger partial charge in [0.1, 0.15) is 5.76 Å². The van der Waals surface area contributed by atoms with Crippen LogP contribution in [-0.4, -0.2) is 16.7 Å². The van der Waals surface area contributed by atoms with Crippen LogP contribution in [0, 0.1) is 22.7 Å². The molecule has 1 saturated carbocycles. The number of aliphatic hydroxyl groups excluding tert-OH is 1. The third-order valence-corrected chi connectivity index (χ3v) is 7.50. The normalized spacial score (nSPS) is 39.0. The van der Waals surface area contributed by atoms with Gasteiger partial charge in [0.25, 0.3) is 0 Å². The molecule has 1 fully saturated rings. The first-order valence-corrected chi connectivity index (χ1v) is 9.27. The van der Waals surface area contributed by atoms with Crippen LogP contribution >= 0.6 is 0 Å². The van der Waals surface area contributed by atoms with E-state index < -0.39 is 11.6 Å². The van der Waals surface area contributed by atoms with E-state index in [-0.39, 0.29) is 27.9 Å². The van der Waals surface area contributed by atoms with Gasteiger partial charge in [-0.2, -0.15) is 0 Å². The zero-order chi connectivity index (χ0) is 18.6. The Bertz CT molecular complexity index is 729. The molecule has 0 heterocycles. The number of nitrogens with two attached hydrogens (primary N) is 1. The van der Waals surface area contributed by atoms with Crippen molar-refractivity contribution >= 4 is 11.6 Å². The first-order chi connectivity index (χ1) is 11.6. The molecule has 25 heavy (non-hydrogen) atoms. The molecule has 3 N–H and O–H groups in total. The first-order valence-electron chi connectivity index (χ1n) is 9.27. The molecule has 3 rings (SSSR count). The van der Waals surface area contributed by atoms with Crippen LogP contribution in [0.15, 0.2) is 34.8 Å². The van der Waals surface area contributed by atoms with Gasteiger partial charge < -0.3 is 10.8 Å². The van der Waals surface area contributed by atoms with E-state index in [1.807, 2.05) is 0 Å². The fourth-order valence-corrected chi connectivity index (χ4v) is 5.46. The summed E-state index contributed by atoms with van der Waals surface area (Å²) in [6.45, 7) is 9.02. The third kappa shape index (κ3) is 2.57. The molecule has 0 spiro atoms. The highest BCUT2D eigenvalue weighted by atomic mass is 16.3. The van der Waals surface area contributed by atoms with Gasteiger partial charge in [0, 0.05) is 11.6 Å². The fourth-order valence-electron chi connectivity index (χ4n) is 5.46. The smallest absolute Gasteiger partial charge is 0.232 e. The molecule has 4 nitrogen and oxygen atoms in total. The monoisotopic (exact) mass is 343 g/mol. The molecule has 0 aromatic rings. The van der Waals surface area contributed by atoms with Gasteiger partial charge in [0.05, 0.1) is 5.70 Å². The standard InChI is InChI=1S/C21H29NO3/c1-12-6-5-7-17-20(12,3)9-8-13(2)21(17,4)11-14-18(24)15(22)10-16(23)19(14)25/h6,10,13,17,24H,5,7-9,11,22H2,1-4H3/t13-,17?,20+,21+/m0/s1. The molecule has 4 atom stereocenters. The minimum absolute atomic E-state index is 0.00847. The maximum Gasteiger partial charge on any atom is 0.232 e. The highest BCUT2D eigenvalue weighted by Crippen LogP contribution is 2.62. The third-order valence-electron chi connectivity index (χ3n) is 7.50. The largest absolute Gasteiger partial charge is 0.505 e. The number of allylic oxidation sites excluding steroid dienone is 4. The number of Topliss-reactive ketones (excluding diaryl/α,β-unsaturated/α-hetero) is 1. The first kappa shape index (κ1) is 18.0. The van der Waals surface area contributed by atoms with E-state index >= 15 is 0 Å². The van der Waals surface area contributed by atoms with Crippen molar-refractivity contribution in [3.8, 4) is 0 Å². The number of carbonyl (C=O) groups excluding carboxylic acids is 2. The minimum atomic E-state index is -0.625. The second-order valence-electron chi connectivity index (χ2n) is 8.68. The van der Waals surface area contributed by atoms with E-state index in [4.69, 9.17) is 5.73 Å². The van der Waals surface area contributed by atoms with Crippen molar-refractivity contribution < 1.29 is 14.7 Å². The Balaban J connectivity index is 2.04. The molecule has 3 aliphatic carbocycles. The van der Waals surface area contributed by atoms with E-state index in [1.54, 1.807) is 0 Å². The Hall–Kier alpha value is -1.84. The number of hydrogen-bond acceptors (Lipinski definition) is 4. The van der Waals surface area contributed by atoms with E-state index in [0.717, 1.165) is 31.8 Å². The van der Waals surface area contributed by atoms with Crippen molar-refractivity contribution in [3.63, 3.8) is 0 Å². The summed E-state index contributed by atoms with van der Waals surface area (Å²) in [5, 5.41) is 10.4. The van der Waals surface area contributed by atoms with Gasteiger partial charge in [0.2, 0.25) is 11.6 Å². The van der Waals surface area contributed by atoms with Gasteiger partial charge in [-0.3, -0.25) is 9.59 Å². The summed E-state index contributed by atoms with van der Waals surface area (Å²) in [5.74, 6) is -0.598. The average Bonchev–Trinajstić information content (AvgIpc) is 2.56. The number of rotatable bonds is 2. The van der Waals surface area contributed by atoms with Crippen LogP contribution < -0.4 is 5.73 Å². The molecule has 0 aliphatic heterocycles. The van der Waals surface area contributed by atoms with Crippen molar-refractivity contribution in [2.24, 2.45) is 28.4 Å². The van der Waals surface area contributed by atoms with Crippen molar-refractivity contribution in [1.82, 2.24) is 0 Å². The van der Waals surface area contributed by atoms with Gasteiger partial charge in [-0.05, 0) is 61.7 Å². The summed E-state index contributed by atoms with van der Waals surface area (Å²) in [7, 11) is 0.